The molecule has 0 spiro atoms. The van der Waals surface area contributed by atoms with E-state index in [4.69, 9.17) is 9.15 Å². The van der Waals surface area contributed by atoms with Gasteiger partial charge in [-0.2, -0.15) is 8.78 Å². The third-order valence-corrected chi connectivity index (χ3v) is 6.31. The fraction of sp³-hybridized carbons (Fsp3) is 0.400. The summed E-state index contributed by atoms with van der Waals surface area (Å²) in [4.78, 5) is 15.1. The van der Waals surface area contributed by atoms with Crippen LogP contribution in [0.4, 0.5) is 8.78 Å². The van der Waals surface area contributed by atoms with Crippen LogP contribution in [0.5, 0.6) is 11.5 Å². The van der Waals surface area contributed by atoms with Gasteiger partial charge in [0.1, 0.15) is 5.58 Å². The maximum absolute atomic E-state index is 13.3. The van der Waals surface area contributed by atoms with E-state index >= 15 is 0 Å². The zero-order chi connectivity index (χ0) is 22.2. The largest absolute Gasteiger partial charge is 0.493 e. The minimum atomic E-state index is -2.93. The minimum Gasteiger partial charge on any atom is -0.493 e. The summed E-state index contributed by atoms with van der Waals surface area (Å²) in [6, 6.07) is 9.29. The number of methoxy groups -OCH3 is 1. The zero-order valence-electron chi connectivity index (χ0n) is 17.9. The Morgan fingerprint density at radius 2 is 1.94 bits per heavy atom. The van der Waals surface area contributed by atoms with Crippen molar-refractivity contribution < 1.29 is 27.5 Å². The van der Waals surface area contributed by atoms with Crippen LogP contribution in [-0.4, -0.2) is 30.6 Å². The van der Waals surface area contributed by atoms with Crippen molar-refractivity contribution in [2.45, 2.75) is 57.7 Å². The lowest BCUT2D eigenvalue weighted by Crippen LogP contribution is -2.33. The molecule has 5 rings (SSSR count). The molecule has 1 saturated carbocycles. The molecule has 3 aromatic rings. The van der Waals surface area contributed by atoms with Gasteiger partial charge in [0.25, 0.3) is 0 Å². The summed E-state index contributed by atoms with van der Waals surface area (Å²) in [6.45, 7) is -2.54. The van der Waals surface area contributed by atoms with Gasteiger partial charge in [-0.3, -0.25) is 4.79 Å². The van der Waals surface area contributed by atoms with Crippen molar-refractivity contribution in [2.24, 2.45) is 0 Å². The number of ether oxygens (including phenoxy) is 2. The highest BCUT2D eigenvalue weighted by atomic mass is 19.3. The first-order chi connectivity index (χ1) is 15.5. The molecule has 2 aromatic carbocycles. The van der Waals surface area contributed by atoms with Gasteiger partial charge in [0.15, 0.2) is 11.5 Å². The second-order valence-corrected chi connectivity index (χ2v) is 8.52. The molecule has 2 aliphatic rings. The standard InChI is InChI=1S/C25H25F2NO4/c1-30-23-9-15(5-8-21(23)32-25(26)27)13-28(19-6-7-19)24(29)12-18-14-31-22-11-17-4-2-3-16(17)10-20(18)22/h5,8-11,14,19,25H,2-4,6-7,12-13H2,1H3. The Bertz CT molecular complexity index is 1150. The molecule has 0 N–H and O–H groups in total. The molecule has 1 aromatic heterocycles. The summed E-state index contributed by atoms with van der Waals surface area (Å²) in [7, 11) is 1.40. The van der Waals surface area contributed by atoms with Crippen molar-refractivity contribution in [3.8, 4) is 11.5 Å². The van der Waals surface area contributed by atoms with Crippen LogP contribution in [0.25, 0.3) is 11.0 Å². The molecular weight excluding hydrogens is 416 g/mol. The molecule has 5 nitrogen and oxygen atoms in total. The molecule has 0 atom stereocenters. The summed E-state index contributed by atoms with van der Waals surface area (Å²) in [5.74, 6) is 0.233. The van der Waals surface area contributed by atoms with E-state index in [1.807, 2.05) is 4.90 Å². The Labute approximate surface area is 184 Å². The van der Waals surface area contributed by atoms with E-state index in [9.17, 15) is 13.6 Å². The third kappa shape index (κ3) is 4.16. The van der Waals surface area contributed by atoms with Gasteiger partial charge in [0.2, 0.25) is 5.91 Å². The quantitative estimate of drug-likeness (QED) is 0.478. The number of alkyl halides is 2. The number of hydrogen-bond donors (Lipinski definition) is 0. The second-order valence-electron chi connectivity index (χ2n) is 8.52. The number of fused-ring (bicyclic) bond motifs is 2. The van der Waals surface area contributed by atoms with Crippen LogP contribution in [0.15, 0.2) is 41.0 Å². The molecule has 0 unspecified atom stereocenters. The van der Waals surface area contributed by atoms with Crippen molar-refractivity contribution >= 4 is 16.9 Å². The minimum absolute atomic E-state index is 0.0204. The molecular formula is C25H25F2NO4. The van der Waals surface area contributed by atoms with Crippen LogP contribution in [-0.2, 0) is 30.6 Å². The van der Waals surface area contributed by atoms with Gasteiger partial charge in [-0.15, -0.1) is 0 Å². The van der Waals surface area contributed by atoms with Crippen LogP contribution in [0, 0.1) is 0 Å². The molecule has 0 aliphatic heterocycles. The Kier molecular flexibility index (Phi) is 5.49. The normalized spacial score (nSPS) is 15.2. The first-order valence-corrected chi connectivity index (χ1v) is 10.9. The number of aryl methyl sites for hydroxylation is 2. The molecule has 0 saturated heterocycles. The maximum Gasteiger partial charge on any atom is 0.387 e. The number of benzene rings is 2. The van der Waals surface area contributed by atoms with E-state index in [-0.39, 0.29) is 29.9 Å². The average Bonchev–Trinajstić information content (AvgIpc) is 3.39. The number of hydrogen-bond acceptors (Lipinski definition) is 4. The van der Waals surface area contributed by atoms with Gasteiger partial charge < -0.3 is 18.8 Å². The van der Waals surface area contributed by atoms with Crippen molar-refractivity contribution in [3.63, 3.8) is 0 Å². The predicted molar refractivity (Wildman–Crippen MR) is 115 cm³/mol. The molecule has 7 heteroatoms. The lowest BCUT2D eigenvalue weighted by molar-refractivity contribution is -0.131. The lowest BCUT2D eigenvalue weighted by atomic mass is 10.0. The van der Waals surface area contributed by atoms with Gasteiger partial charge in [-0.1, -0.05) is 6.07 Å². The van der Waals surface area contributed by atoms with Crippen molar-refractivity contribution in [3.05, 3.63) is 58.8 Å². The number of furan rings is 1. The van der Waals surface area contributed by atoms with Gasteiger partial charge in [0, 0.05) is 23.5 Å². The number of nitrogens with zero attached hydrogens (tertiary/aromatic N) is 1. The Hall–Kier alpha value is -3.09. The Balaban J connectivity index is 1.35. The van der Waals surface area contributed by atoms with E-state index < -0.39 is 6.61 Å². The van der Waals surface area contributed by atoms with Crippen LogP contribution in [0.2, 0.25) is 0 Å². The van der Waals surface area contributed by atoms with E-state index in [2.05, 4.69) is 16.9 Å². The number of carbonyl (C=O) groups excluding carboxylic acids is 1. The monoisotopic (exact) mass is 441 g/mol. The van der Waals surface area contributed by atoms with Crippen molar-refractivity contribution in [1.82, 2.24) is 4.90 Å². The topological polar surface area (TPSA) is 51.9 Å². The first kappa shape index (κ1) is 20.8. The Morgan fingerprint density at radius 1 is 1.16 bits per heavy atom. The van der Waals surface area contributed by atoms with E-state index in [0.717, 1.165) is 54.2 Å². The fourth-order valence-corrected chi connectivity index (χ4v) is 4.56. The number of rotatable bonds is 8. The zero-order valence-corrected chi connectivity index (χ0v) is 17.9. The van der Waals surface area contributed by atoms with Crippen LogP contribution >= 0.6 is 0 Å². The molecule has 32 heavy (non-hydrogen) atoms. The molecule has 1 fully saturated rings. The first-order valence-electron chi connectivity index (χ1n) is 10.9. The Morgan fingerprint density at radius 3 is 2.66 bits per heavy atom. The summed E-state index contributed by atoms with van der Waals surface area (Å²) in [6.07, 6.45) is 7.22. The summed E-state index contributed by atoms with van der Waals surface area (Å²) < 4.78 is 40.6. The number of halogens is 2. The van der Waals surface area contributed by atoms with E-state index in [1.54, 1.807) is 18.4 Å². The molecule has 1 heterocycles. The van der Waals surface area contributed by atoms with Gasteiger partial charge in [0.05, 0.1) is 19.8 Å². The second kappa shape index (κ2) is 8.45. The summed E-state index contributed by atoms with van der Waals surface area (Å²) in [5.41, 5.74) is 5.25. The highest BCUT2D eigenvalue weighted by Gasteiger charge is 2.33. The van der Waals surface area contributed by atoms with E-state index in [0.29, 0.717) is 6.54 Å². The smallest absolute Gasteiger partial charge is 0.387 e. The SMILES string of the molecule is COc1cc(CN(C(=O)Cc2coc3cc4c(cc23)CCC4)C2CC2)ccc1OC(F)F. The predicted octanol–water partition coefficient (Wildman–Crippen LogP) is 5.27. The van der Waals surface area contributed by atoms with Gasteiger partial charge in [-0.25, -0.2) is 0 Å². The van der Waals surface area contributed by atoms with Crippen LogP contribution < -0.4 is 9.47 Å². The highest BCUT2D eigenvalue weighted by Crippen LogP contribution is 2.34. The van der Waals surface area contributed by atoms with Crippen molar-refractivity contribution in [1.29, 1.82) is 0 Å². The molecule has 168 valence electrons. The molecule has 0 bridgehead atoms. The molecule has 2 aliphatic carbocycles. The third-order valence-electron chi connectivity index (χ3n) is 6.31. The molecule has 0 radical (unpaired) electrons. The summed E-state index contributed by atoms with van der Waals surface area (Å²) >= 11 is 0. The maximum atomic E-state index is 13.3. The van der Waals surface area contributed by atoms with E-state index in [1.165, 1.54) is 24.3 Å². The molecule has 1 amide bonds. The van der Waals surface area contributed by atoms with Crippen LogP contribution in [0.3, 0.4) is 0 Å². The highest BCUT2D eigenvalue weighted by molar-refractivity contribution is 5.89. The number of amides is 1. The fourth-order valence-electron chi connectivity index (χ4n) is 4.56. The van der Waals surface area contributed by atoms with Gasteiger partial charge >= 0.3 is 6.61 Å². The average molecular weight is 441 g/mol. The lowest BCUT2D eigenvalue weighted by Gasteiger charge is -2.23. The van der Waals surface area contributed by atoms with Crippen molar-refractivity contribution in [2.75, 3.05) is 7.11 Å². The summed E-state index contributed by atoms with van der Waals surface area (Å²) in [5, 5.41) is 1.02. The number of carbonyl (C=O) groups is 1. The van der Waals surface area contributed by atoms with Crippen LogP contribution in [0.1, 0.15) is 41.5 Å². The van der Waals surface area contributed by atoms with Gasteiger partial charge in [-0.05, 0) is 73.1 Å².